The fraction of sp³-hybridized carbons (Fsp3) is 0.250. The number of hydrogen-bond donors (Lipinski definition) is 1. The molecule has 1 saturated heterocycles. The van der Waals surface area contributed by atoms with E-state index in [0.717, 1.165) is 18.7 Å². The minimum Gasteiger partial charge on any atom is -0.367 e. The summed E-state index contributed by atoms with van der Waals surface area (Å²) in [6.07, 6.45) is 3.52. The number of piperazine rings is 1. The Kier molecular flexibility index (Phi) is 6.52. The number of rotatable bonds is 6. The van der Waals surface area contributed by atoms with E-state index >= 15 is 0 Å². The molecular formula is C24H24F2N4O. The second-order valence-corrected chi connectivity index (χ2v) is 7.49. The third-order valence-electron chi connectivity index (χ3n) is 5.58. The first-order valence-electron chi connectivity index (χ1n) is 10.3. The molecule has 1 atom stereocenters. The molecule has 1 aliphatic rings. The molecule has 1 aromatic heterocycles. The number of anilines is 1. The van der Waals surface area contributed by atoms with Crippen LogP contribution in [0.5, 0.6) is 0 Å². The van der Waals surface area contributed by atoms with Crippen molar-refractivity contribution < 1.29 is 13.6 Å². The minimum absolute atomic E-state index is 0.0686. The summed E-state index contributed by atoms with van der Waals surface area (Å²) in [5.74, 6) is -0.845. The van der Waals surface area contributed by atoms with E-state index in [4.69, 9.17) is 0 Å². The largest absolute Gasteiger partial charge is 0.367 e. The number of benzene rings is 2. The maximum absolute atomic E-state index is 14.2. The van der Waals surface area contributed by atoms with Gasteiger partial charge in [-0.3, -0.25) is 14.7 Å². The molecule has 1 amide bonds. The van der Waals surface area contributed by atoms with Crippen molar-refractivity contribution in [2.75, 3.05) is 37.6 Å². The second kappa shape index (κ2) is 9.66. The molecule has 4 rings (SSSR count). The zero-order valence-corrected chi connectivity index (χ0v) is 17.0. The fourth-order valence-electron chi connectivity index (χ4n) is 3.91. The number of nitrogens with zero attached hydrogens (tertiary/aromatic N) is 3. The smallest absolute Gasteiger partial charge is 0.251 e. The van der Waals surface area contributed by atoms with Crippen molar-refractivity contribution in [1.29, 1.82) is 0 Å². The van der Waals surface area contributed by atoms with Gasteiger partial charge in [-0.25, -0.2) is 8.78 Å². The van der Waals surface area contributed by atoms with E-state index in [2.05, 4.69) is 15.2 Å². The third-order valence-corrected chi connectivity index (χ3v) is 5.58. The fourth-order valence-corrected chi connectivity index (χ4v) is 3.91. The lowest BCUT2D eigenvalue weighted by atomic mass is 10.1. The van der Waals surface area contributed by atoms with Gasteiger partial charge in [-0.05, 0) is 48.0 Å². The predicted molar refractivity (Wildman–Crippen MR) is 116 cm³/mol. The average molecular weight is 422 g/mol. The van der Waals surface area contributed by atoms with Crippen molar-refractivity contribution in [2.45, 2.75) is 6.04 Å². The van der Waals surface area contributed by atoms with Crippen LogP contribution >= 0.6 is 0 Å². The van der Waals surface area contributed by atoms with Crippen LogP contribution in [0.2, 0.25) is 0 Å². The molecule has 7 heteroatoms. The molecule has 1 unspecified atom stereocenters. The highest BCUT2D eigenvalue weighted by Crippen LogP contribution is 2.25. The van der Waals surface area contributed by atoms with Crippen LogP contribution in [0, 0.1) is 11.6 Å². The van der Waals surface area contributed by atoms with Crippen LogP contribution in [0.15, 0.2) is 73.1 Å². The van der Waals surface area contributed by atoms with Gasteiger partial charge in [0.1, 0.15) is 11.6 Å². The summed E-state index contributed by atoms with van der Waals surface area (Å²) >= 11 is 0. The van der Waals surface area contributed by atoms with Gasteiger partial charge in [0.15, 0.2) is 0 Å². The molecule has 0 spiro atoms. The van der Waals surface area contributed by atoms with E-state index < -0.39 is 0 Å². The van der Waals surface area contributed by atoms with E-state index in [0.29, 0.717) is 30.9 Å². The van der Waals surface area contributed by atoms with Gasteiger partial charge in [0, 0.05) is 50.7 Å². The zero-order chi connectivity index (χ0) is 21.6. The Labute approximate surface area is 180 Å². The van der Waals surface area contributed by atoms with Gasteiger partial charge in [0.05, 0.1) is 11.7 Å². The molecule has 160 valence electrons. The van der Waals surface area contributed by atoms with Crippen molar-refractivity contribution in [1.82, 2.24) is 15.2 Å². The molecule has 31 heavy (non-hydrogen) atoms. The first-order valence-corrected chi connectivity index (χ1v) is 10.3. The Morgan fingerprint density at radius 2 is 1.71 bits per heavy atom. The molecule has 0 bridgehead atoms. The number of halogens is 2. The SMILES string of the molecule is O=C(NCC(c1cccnc1)N1CCN(c2ccccc2F)CC1)c1ccc(F)cc1. The summed E-state index contributed by atoms with van der Waals surface area (Å²) in [7, 11) is 0. The molecule has 1 fully saturated rings. The van der Waals surface area contributed by atoms with Gasteiger partial charge in [-0.15, -0.1) is 0 Å². The van der Waals surface area contributed by atoms with Crippen LogP contribution < -0.4 is 10.2 Å². The van der Waals surface area contributed by atoms with Gasteiger partial charge in [-0.2, -0.15) is 0 Å². The normalized spacial score (nSPS) is 15.5. The molecule has 1 N–H and O–H groups in total. The summed E-state index contributed by atoms with van der Waals surface area (Å²) in [6, 6.07) is 16.1. The third kappa shape index (κ3) is 5.06. The number of para-hydroxylation sites is 1. The van der Waals surface area contributed by atoms with Crippen LogP contribution in [0.1, 0.15) is 22.0 Å². The number of carbonyl (C=O) groups is 1. The topological polar surface area (TPSA) is 48.5 Å². The Balaban J connectivity index is 1.44. The number of aromatic nitrogens is 1. The molecule has 0 saturated carbocycles. The monoisotopic (exact) mass is 422 g/mol. The van der Waals surface area contributed by atoms with Crippen LogP contribution in [0.4, 0.5) is 14.5 Å². The van der Waals surface area contributed by atoms with Crippen LogP contribution in [-0.4, -0.2) is 48.5 Å². The van der Waals surface area contributed by atoms with Crippen LogP contribution in [0.25, 0.3) is 0 Å². The van der Waals surface area contributed by atoms with Gasteiger partial charge >= 0.3 is 0 Å². The second-order valence-electron chi connectivity index (χ2n) is 7.49. The van der Waals surface area contributed by atoms with Crippen LogP contribution in [0.3, 0.4) is 0 Å². The molecule has 3 aromatic rings. The highest BCUT2D eigenvalue weighted by Gasteiger charge is 2.26. The molecule has 2 aromatic carbocycles. The number of carbonyl (C=O) groups excluding carboxylic acids is 1. The number of amides is 1. The number of pyridine rings is 1. The maximum atomic E-state index is 14.2. The standard InChI is InChI=1S/C24H24F2N4O/c25-20-9-7-18(8-10-20)24(31)28-17-23(19-4-3-11-27-16-19)30-14-12-29(13-15-30)22-6-2-1-5-21(22)26/h1-11,16,23H,12-15,17H2,(H,28,31). The quantitative estimate of drug-likeness (QED) is 0.659. The lowest BCUT2D eigenvalue weighted by Crippen LogP contribution is -2.50. The maximum Gasteiger partial charge on any atom is 0.251 e. The first-order chi connectivity index (χ1) is 15.1. The summed E-state index contributed by atoms with van der Waals surface area (Å²) in [4.78, 5) is 21.1. The summed E-state index contributed by atoms with van der Waals surface area (Å²) in [6.45, 7) is 3.20. The predicted octanol–water partition coefficient (Wildman–Crippen LogP) is 3.65. The van der Waals surface area contributed by atoms with Crippen molar-refractivity contribution in [3.8, 4) is 0 Å². The summed E-state index contributed by atoms with van der Waals surface area (Å²) in [5, 5.41) is 2.96. The van der Waals surface area contributed by atoms with Crippen molar-refractivity contribution in [3.05, 3.63) is 95.8 Å². The molecule has 0 aliphatic carbocycles. The highest BCUT2D eigenvalue weighted by molar-refractivity contribution is 5.94. The van der Waals surface area contributed by atoms with Crippen molar-refractivity contribution >= 4 is 11.6 Å². The van der Waals surface area contributed by atoms with E-state index in [1.807, 2.05) is 23.1 Å². The van der Waals surface area contributed by atoms with Crippen molar-refractivity contribution in [2.24, 2.45) is 0 Å². The molecule has 0 radical (unpaired) electrons. The van der Waals surface area contributed by atoms with E-state index in [1.165, 1.54) is 30.3 Å². The Morgan fingerprint density at radius 3 is 2.39 bits per heavy atom. The Hall–Kier alpha value is -3.32. The highest BCUT2D eigenvalue weighted by atomic mass is 19.1. The summed E-state index contributed by atoms with van der Waals surface area (Å²) in [5.41, 5.74) is 2.03. The first kappa shape index (κ1) is 20.9. The van der Waals surface area contributed by atoms with E-state index in [1.54, 1.807) is 24.5 Å². The minimum atomic E-state index is -0.377. The molecular weight excluding hydrogens is 398 g/mol. The Morgan fingerprint density at radius 1 is 0.968 bits per heavy atom. The number of hydrogen-bond acceptors (Lipinski definition) is 4. The molecule has 2 heterocycles. The average Bonchev–Trinajstić information content (AvgIpc) is 2.81. The van der Waals surface area contributed by atoms with Gasteiger partial charge < -0.3 is 10.2 Å². The number of nitrogens with one attached hydrogen (secondary N) is 1. The molecule has 5 nitrogen and oxygen atoms in total. The lowest BCUT2D eigenvalue weighted by molar-refractivity contribution is 0.0930. The van der Waals surface area contributed by atoms with Crippen LogP contribution in [-0.2, 0) is 0 Å². The Bertz CT molecular complexity index is 1010. The van der Waals surface area contributed by atoms with Crippen molar-refractivity contribution in [3.63, 3.8) is 0 Å². The zero-order valence-electron chi connectivity index (χ0n) is 17.0. The lowest BCUT2D eigenvalue weighted by Gasteiger charge is -2.40. The van der Waals surface area contributed by atoms with Gasteiger partial charge in [0.25, 0.3) is 5.91 Å². The van der Waals surface area contributed by atoms with E-state index in [9.17, 15) is 13.6 Å². The molecule has 1 aliphatic heterocycles. The van der Waals surface area contributed by atoms with E-state index in [-0.39, 0.29) is 23.6 Å². The van der Waals surface area contributed by atoms with Gasteiger partial charge in [-0.1, -0.05) is 18.2 Å². The van der Waals surface area contributed by atoms with Gasteiger partial charge in [0.2, 0.25) is 0 Å². The summed E-state index contributed by atoms with van der Waals surface area (Å²) < 4.78 is 27.3.